The summed E-state index contributed by atoms with van der Waals surface area (Å²) in [5.41, 5.74) is 2.07. The van der Waals surface area contributed by atoms with Gasteiger partial charge < -0.3 is 0 Å². The Bertz CT molecular complexity index is 791. The van der Waals surface area contributed by atoms with Gasteiger partial charge in [-0.1, -0.05) is 57.9 Å². The molecule has 0 aliphatic heterocycles. The maximum absolute atomic E-state index is 13.9. The van der Waals surface area contributed by atoms with Crippen molar-refractivity contribution in [1.82, 2.24) is 4.98 Å². The lowest BCUT2D eigenvalue weighted by molar-refractivity contribution is 0.639. The lowest BCUT2D eigenvalue weighted by atomic mass is 9.98. The number of benzene rings is 2. The van der Waals surface area contributed by atoms with Crippen molar-refractivity contribution in [3.63, 3.8) is 0 Å². The zero-order valence-electron chi connectivity index (χ0n) is 11.1. The van der Waals surface area contributed by atoms with Gasteiger partial charge in [0.1, 0.15) is 5.82 Å². The summed E-state index contributed by atoms with van der Waals surface area (Å²) in [7, 11) is 0. The minimum absolute atomic E-state index is 0.0582. The predicted octanol–water partition coefficient (Wildman–Crippen LogP) is 5.71. The molecule has 3 aromatic rings. The number of aromatic nitrogens is 1. The Labute approximate surface area is 135 Å². The van der Waals surface area contributed by atoms with Gasteiger partial charge >= 0.3 is 0 Å². The number of hydrogen-bond donors (Lipinski definition) is 0. The van der Waals surface area contributed by atoms with Crippen LogP contribution in [0.1, 0.15) is 16.0 Å². The van der Waals surface area contributed by atoms with Gasteiger partial charge in [-0.3, -0.25) is 4.98 Å². The van der Waals surface area contributed by atoms with E-state index in [0.29, 0.717) is 10.4 Å². The highest BCUT2D eigenvalue weighted by Crippen LogP contribution is 2.34. The van der Waals surface area contributed by atoms with Crippen molar-refractivity contribution in [1.29, 1.82) is 0 Å². The molecule has 0 aliphatic carbocycles. The van der Waals surface area contributed by atoms with Crippen molar-refractivity contribution < 1.29 is 4.39 Å². The van der Waals surface area contributed by atoms with Crippen LogP contribution in [0.2, 0.25) is 5.02 Å². The van der Waals surface area contributed by atoms with Gasteiger partial charge in [0, 0.05) is 22.6 Å². The van der Waals surface area contributed by atoms with Gasteiger partial charge in [0.25, 0.3) is 0 Å². The summed E-state index contributed by atoms with van der Waals surface area (Å²) >= 11 is 9.86. The Hall–Kier alpha value is -1.45. The quantitative estimate of drug-likeness (QED) is 0.543. The first kappa shape index (κ1) is 14.5. The van der Waals surface area contributed by atoms with E-state index in [2.05, 4.69) is 20.9 Å². The molecule has 0 fully saturated rings. The van der Waals surface area contributed by atoms with Gasteiger partial charge in [0.05, 0.1) is 5.02 Å². The normalized spacial score (nSPS) is 12.5. The molecule has 3 rings (SSSR count). The second-order valence-electron chi connectivity index (χ2n) is 4.82. The highest BCUT2D eigenvalue weighted by molar-refractivity contribution is 9.09. The van der Waals surface area contributed by atoms with Gasteiger partial charge in [-0.15, -0.1) is 0 Å². The molecule has 1 heterocycles. The Morgan fingerprint density at radius 2 is 1.86 bits per heavy atom. The topological polar surface area (TPSA) is 12.9 Å². The molecule has 0 saturated carbocycles. The molecule has 106 valence electrons. The van der Waals surface area contributed by atoms with Crippen molar-refractivity contribution in [2.24, 2.45) is 0 Å². The van der Waals surface area contributed by atoms with E-state index >= 15 is 0 Å². The van der Waals surface area contributed by atoms with Gasteiger partial charge in [0.15, 0.2) is 0 Å². The first-order chi connectivity index (χ1) is 10.2. The molecule has 0 bridgehead atoms. The first-order valence-corrected chi connectivity index (χ1v) is 7.86. The fraction of sp³-hybridized carbons (Fsp3) is 0.118. The van der Waals surface area contributed by atoms with E-state index in [9.17, 15) is 4.39 Å². The molecule has 1 aromatic heterocycles. The zero-order valence-corrected chi connectivity index (χ0v) is 13.4. The van der Waals surface area contributed by atoms with E-state index in [4.69, 9.17) is 11.6 Å². The number of pyridine rings is 1. The number of nitrogens with zero attached hydrogens (tertiary/aromatic N) is 1. The summed E-state index contributed by atoms with van der Waals surface area (Å²) in [6.07, 6.45) is 4.08. The zero-order chi connectivity index (χ0) is 14.8. The van der Waals surface area contributed by atoms with Gasteiger partial charge in [-0.2, -0.15) is 0 Å². The highest BCUT2D eigenvalue weighted by Gasteiger charge is 2.15. The van der Waals surface area contributed by atoms with Gasteiger partial charge in [0.2, 0.25) is 0 Å². The van der Waals surface area contributed by atoms with Crippen molar-refractivity contribution in [2.45, 2.75) is 11.2 Å². The molecule has 4 heteroatoms. The molecule has 0 N–H and O–H groups in total. The van der Waals surface area contributed by atoms with Crippen LogP contribution in [-0.4, -0.2) is 4.98 Å². The molecule has 0 spiro atoms. The van der Waals surface area contributed by atoms with Crippen LogP contribution in [0.3, 0.4) is 0 Å². The number of alkyl halides is 1. The SMILES string of the molecule is Fc1ccc(C(Br)Cc2ccncc2Cl)c2ccccc12. The Morgan fingerprint density at radius 3 is 2.62 bits per heavy atom. The van der Waals surface area contributed by atoms with Crippen LogP contribution >= 0.6 is 27.5 Å². The minimum atomic E-state index is -0.198. The van der Waals surface area contributed by atoms with Crippen LogP contribution in [0.15, 0.2) is 54.9 Å². The molecule has 0 saturated heterocycles. The Morgan fingerprint density at radius 1 is 1.10 bits per heavy atom. The third-order valence-corrected chi connectivity index (χ3v) is 4.65. The third-order valence-electron chi connectivity index (χ3n) is 3.50. The Kier molecular flexibility index (Phi) is 4.22. The number of hydrogen-bond acceptors (Lipinski definition) is 1. The lowest BCUT2D eigenvalue weighted by Gasteiger charge is -2.14. The summed E-state index contributed by atoms with van der Waals surface area (Å²) in [4.78, 5) is 4.05. The van der Waals surface area contributed by atoms with Crippen LogP contribution in [0.25, 0.3) is 10.8 Å². The fourth-order valence-electron chi connectivity index (χ4n) is 2.43. The average molecular weight is 365 g/mol. The monoisotopic (exact) mass is 363 g/mol. The summed E-state index contributed by atoms with van der Waals surface area (Å²) in [6, 6.07) is 12.8. The average Bonchev–Trinajstić information content (AvgIpc) is 2.50. The third kappa shape index (κ3) is 2.94. The van der Waals surface area contributed by atoms with E-state index in [-0.39, 0.29) is 10.6 Å². The summed E-state index contributed by atoms with van der Waals surface area (Å²) in [6.45, 7) is 0. The van der Waals surface area contributed by atoms with Gasteiger partial charge in [-0.25, -0.2) is 4.39 Å². The van der Waals surface area contributed by atoms with Crippen molar-refractivity contribution >= 4 is 38.3 Å². The van der Waals surface area contributed by atoms with Crippen molar-refractivity contribution in [2.75, 3.05) is 0 Å². The molecular formula is C17H12BrClFN. The summed E-state index contributed by atoms with van der Waals surface area (Å²) in [5.74, 6) is -0.198. The van der Waals surface area contributed by atoms with E-state index in [1.807, 2.05) is 30.3 Å². The molecular weight excluding hydrogens is 353 g/mol. The molecule has 2 aromatic carbocycles. The van der Waals surface area contributed by atoms with Crippen LogP contribution in [0, 0.1) is 5.82 Å². The second kappa shape index (κ2) is 6.12. The smallest absolute Gasteiger partial charge is 0.131 e. The fourth-order valence-corrected chi connectivity index (χ4v) is 3.38. The molecule has 1 nitrogen and oxygen atoms in total. The molecule has 1 atom stereocenters. The summed E-state index contributed by atoms with van der Waals surface area (Å²) < 4.78 is 13.9. The summed E-state index contributed by atoms with van der Waals surface area (Å²) in [5, 5.41) is 2.21. The lowest BCUT2D eigenvalue weighted by Crippen LogP contribution is -1.98. The number of rotatable bonds is 3. The number of fused-ring (bicyclic) bond motifs is 1. The largest absolute Gasteiger partial charge is 0.263 e. The molecule has 0 radical (unpaired) electrons. The van der Waals surface area contributed by atoms with E-state index in [0.717, 1.165) is 22.9 Å². The van der Waals surface area contributed by atoms with Crippen LogP contribution < -0.4 is 0 Å². The van der Waals surface area contributed by atoms with E-state index in [1.165, 1.54) is 6.07 Å². The maximum atomic E-state index is 13.9. The second-order valence-corrected chi connectivity index (χ2v) is 6.33. The molecule has 0 aliphatic rings. The van der Waals surface area contributed by atoms with E-state index < -0.39 is 0 Å². The molecule has 0 amide bonds. The minimum Gasteiger partial charge on any atom is -0.263 e. The van der Waals surface area contributed by atoms with Crippen LogP contribution in [-0.2, 0) is 6.42 Å². The van der Waals surface area contributed by atoms with Crippen molar-refractivity contribution in [3.05, 3.63) is 76.8 Å². The first-order valence-electron chi connectivity index (χ1n) is 6.56. The van der Waals surface area contributed by atoms with Crippen LogP contribution in [0.4, 0.5) is 4.39 Å². The Balaban J connectivity index is 2.01. The standard InChI is InChI=1S/C17H12BrClFN/c18-15(9-11-7-8-21-10-16(11)19)13-5-6-17(20)14-4-2-1-3-12(13)14/h1-8,10,15H,9H2. The molecule has 21 heavy (non-hydrogen) atoms. The molecule has 1 unspecified atom stereocenters. The highest BCUT2D eigenvalue weighted by atomic mass is 79.9. The predicted molar refractivity (Wildman–Crippen MR) is 88.5 cm³/mol. The number of halogens is 3. The van der Waals surface area contributed by atoms with Gasteiger partial charge in [-0.05, 0) is 35.1 Å². The van der Waals surface area contributed by atoms with Crippen molar-refractivity contribution in [3.8, 4) is 0 Å². The maximum Gasteiger partial charge on any atom is 0.131 e. The van der Waals surface area contributed by atoms with Crippen LogP contribution in [0.5, 0.6) is 0 Å². The van der Waals surface area contributed by atoms with E-state index in [1.54, 1.807) is 18.5 Å².